The fraction of sp³-hybridized carbons (Fsp3) is 0.727. The zero-order valence-corrected chi connectivity index (χ0v) is 9.45. The van der Waals surface area contributed by atoms with Crippen LogP contribution >= 0.6 is 0 Å². The second kappa shape index (κ2) is 8.75. The van der Waals surface area contributed by atoms with Gasteiger partial charge < -0.3 is 0 Å². The van der Waals surface area contributed by atoms with Gasteiger partial charge in [0.2, 0.25) is 0 Å². The Morgan fingerprint density at radius 2 is 2.07 bits per heavy atom. The molecule has 0 aliphatic heterocycles. The van der Waals surface area contributed by atoms with Gasteiger partial charge in [-0.15, -0.1) is 0 Å². The van der Waals surface area contributed by atoms with Crippen LogP contribution in [0.1, 0.15) is 39.0 Å². The van der Waals surface area contributed by atoms with Crippen LogP contribution < -0.4 is 0 Å². The molecule has 82 valence electrons. The number of likely N-dealkylation sites (N-methyl/N-ethyl adjacent to an activating group) is 1. The fourth-order valence-electron chi connectivity index (χ4n) is 1.07. The van der Waals surface area contributed by atoms with Gasteiger partial charge in [0.15, 0.2) is 0 Å². The molecule has 0 aliphatic rings. The van der Waals surface area contributed by atoms with Crippen molar-refractivity contribution in [2.75, 3.05) is 14.2 Å². The summed E-state index contributed by atoms with van der Waals surface area (Å²) < 4.78 is 0. The second-order valence-electron chi connectivity index (χ2n) is 3.27. The van der Waals surface area contributed by atoms with Crippen LogP contribution in [0.4, 0.5) is 0 Å². The van der Waals surface area contributed by atoms with E-state index in [4.69, 9.17) is 4.84 Å². The Balaban J connectivity index is 3.47. The highest BCUT2D eigenvalue weighted by atomic mass is 16.7. The molecule has 0 spiro atoms. The zero-order valence-electron chi connectivity index (χ0n) is 9.45. The standard InChI is InChI=1S/C11H21NO2/c1-4-5-6-7-8-9-10-11(13)12(2)14-3/h9-10H,4-8H2,1-3H3/b10-9+. The van der Waals surface area contributed by atoms with Crippen LogP contribution in [-0.2, 0) is 9.63 Å². The van der Waals surface area contributed by atoms with Crippen LogP contribution in [0.25, 0.3) is 0 Å². The fourth-order valence-corrected chi connectivity index (χ4v) is 1.07. The van der Waals surface area contributed by atoms with Crippen LogP contribution in [0.15, 0.2) is 12.2 Å². The Morgan fingerprint density at radius 1 is 1.36 bits per heavy atom. The first-order valence-electron chi connectivity index (χ1n) is 5.20. The summed E-state index contributed by atoms with van der Waals surface area (Å²) in [7, 11) is 3.08. The Morgan fingerprint density at radius 3 is 2.64 bits per heavy atom. The molecule has 0 bridgehead atoms. The lowest BCUT2D eigenvalue weighted by Crippen LogP contribution is -2.22. The lowest BCUT2D eigenvalue weighted by molar-refractivity contribution is -0.162. The number of nitrogens with zero attached hydrogens (tertiary/aromatic N) is 1. The van der Waals surface area contributed by atoms with Gasteiger partial charge in [0.1, 0.15) is 0 Å². The van der Waals surface area contributed by atoms with Crippen LogP contribution in [-0.4, -0.2) is 25.1 Å². The number of carbonyl (C=O) groups is 1. The normalized spacial score (nSPS) is 10.8. The number of rotatable bonds is 7. The summed E-state index contributed by atoms with van der Waals surface area (Å²) in [5, 5.41) is 1.21. The van der Waals surface area contributed by atoms with Crippen molar-refractivity contribution >= 4 is 5.91 Å². The van der Waals surface area contributed by atoms with Gasteiger partial charge in [0, 0.05) is 13.1 Å². The van der Waals surface area contributed by atoms with Crippen molar-refractivity contribution in [3.63, 3.8) is 0 Å². The molecule has 0 aromatic heterocycles. The number of unbranched alkanes of at least 4 members (excludes halogenated alkanes) is 4. The molecule has 3 nitrogen and oxygen atoms in total. The maximum atomic E-state index is 11.2. The van der Waals surface area contributed by atoms with Crippen LogP contribution in [0.5, 0.6) is 0 Å². The van der Waals surface area contributed by atoms with Gasteiger partial charge in [-0.2, -0.15) is 0 Å². The minimum absolute atomic E-state index is 0.108. The molecule has 0 aromatic rings. The highest BCUT2D eigenvalue weighted by molar-refractivity contribution is 5.86. The SMILES string of the molecule is CCCCCC/C=C/C(=O)N(C)OC. The Bertz CT molecular complexity index is 178. The molecule has 0 N–H and O–H groups in total. The topological polar surface area (TPSA) is 29.5 Å². The molecule has 0 fully saturated rings. The molecule has 3 heteroatoms. The lowest BCUT2D eigenvalue weighted by Gasteiger charge is -2.09. The van der Waals surface area contributed by atoms with Crippen molar-refractivity contribution < 1.29 is 9.63 Å². The van der Waals surface area contributed by atoms with Gasteiger partial charge in [-0.05, 0) is 12.8 Å². The Labute approximate surface area is 86.7 Å². The summed E-state index contributed by atoms with van der Waals surface area (Å²) >= 11 is 0. The minimum Gasteiger partial charge on any atom is -0.274 e. The van der Waals surface area contributed by atoms with Crippen molar-refractivity contribution in [2.24, 2.45) is 0 Å². The van der Waals surface area contributed by atoms with E-state index >= 15 is 0 Å². The maximum absolute atomic E-state index is 11.2. The molecular weight excluding hydrogens is 178 g/mol. The van der Waals surface area contributed by atoms with Gasteiger partial charge in [-0.25, -0.2) is 5.06 Å². The molecule has 0 radical (unpaired) electrons. The quantitative estimate of drug-likeness (QED) is 0.358. The number of hydrogen-bond acceptors (Lipinski definition) is 2. The molecular formula is C11H21NO2. The van der Waals surface area contributed by atoms with Gasteiger partial charge in [-0.1, -0.05) is 32.3 Å². The molecule has 0 saturated carbocycles. The number of hydrogen-bond donors (Lipinski definition) is 0. The van der Waals surface area contributed by atoms with Crippen molar-refractivity contribution in [1.29, 1.82) is 0 Å². The smallest absolute Gasteiger partial charge is 0.269 e. The highest BCUT2D eigenvalue weighted by Crippen LogP contribution is 2.02. The van der Waals surface area contributed by atoms with Crippen molar-refractivity contribution in [3.8, 4) is 0 Å². The maximum Gasteiger partial charge on any atom is 0.269 e. The van der Waals surface area contributed by atoms with E-state index in [2.05, 4.69) is 6.92 Å². The molecule has 0 aliphatic carbocycles. The van der Waals surface area contributed by atoms with E-state index in [0.29, 0.717) is 0 Å². The van der Waals surface area contributed by atoms with E-state index < -0.39 is 0 Å². The van der Waals surface area contributed by atoms with Crippen molar-refractivity contribution in [2.45, 2.75) is 39.0 Å². The first-order chi connectivity index (χ1) is 6.72. The third kappa shape index (κ3) is 6.66. The predicted molar refractivity (Wildman–Crippen MR) is 57.7 cm³/mol. The van der Waals surface area contributed by atoms with E-state index in [-0.39, 0.29) is 5.91 Å². The summed E-state index contributed by atoms with van der Waals surface area (Å²) in [4.78, 5) is 15.9. The van der Waals surface area contributed by atoms with Gasteiger partial charge >= 0.3 is 0 Å². The Hall–Kier alpha value is -0.830. The van der Waals surface area contributed by atoms with E-state index in [9.17, 15) is 4.79 Å². The third-order valence-corrected chi connectivity index (χ3v) is 2.07. The average molecular weight is 199 g/mol. The van der Waals surface area contributed by atoms with Crippen molar-refractivity contribution in [3.05, 3.63) is 12.2 Å². The molecule has 1 amide bonds. The lowest BCUT2D eigenvalue weighted by atomic mass is 10.1. The number of allylic oxidation sites excluding steroid dienone is 1. The highest BCUT2D eigenvalue weighted by Gasteiger charge is 2.00. The molecule has 0 heterocycles. The molecule has 0 saturated heterocycles. The van der Waals surface area contributed by atoms with Crippen molar-refractivity contribution in [1.82, 2.24) is 5.06 Å². The number of amides is 1. The average Bonchev–Trinajstić information content (AvgIpc) is 2.21. The third-order valence-electron chi connectivity index (χ3n) is 2.07. The number of hydroxylamine groups is 2. The summed E-state index contributed by atoms with van der Waals surface area (Å²) in [6.45, 7) is 2.19. The first kappa shape index (κ1) is 13.2. The monoisotopic (exact) mass is 199 g/mol. The van der Waals surface area contributed by atoms with E-state index in [1.807, 2.05) is 6.08 Å². The predicted octanol–water partition coefficient (Wildman–Crippen LogP) is 2.53. The van der Waals surface area contributed by atoms with Gasteiger partial charge in [0.05, 0.1) is 7.11 Å². The Kier molecular flexibility index (Phi) is 8.24. The molecule has 0 aromatic carbocycles. The van der Waals surface area contributed by atoms with E-state index in [0.717, 1.165) is 12.8 Å². The van der Waals surface area contributed by atoms with Crippen LogP contribution in [0, 0.1) is 0 Å². The zero-order chi connectivity index (χ0) is 10.8. The van der Waals surface area contributed by atoms with Crippen LogP contribution in [0.3, 0.4) is 0 Å². The largest absolute Gasteiger partial charge is 0.274 e. The summed E-state index contributed by atoms with van der Waals surface area (Å²) in [6.07, 6.45) is 9.38. The number of carbonyl (C=O) groups excluding carboxylic acids is 1. The molecule has 14 heavy (non-hydrogen) atoms. The minimum atomic E-state index is -0.108. The van der Waals surface area contributed by atoms with Crippen LogP contribution in [0.2, 0.25) is 0 Å². The second-order valence-corrected chi connectivity index (χ2v) is 3.27. The molecule has 0 atom stereocenters. The van der Waals surface area contributed by atoms with E-state index in [1.165, 1.54) is 31.4 Å². The van der Waals surface area contributed by atoms with E-state index in [1.54, 1.807) is 13.1 Å². The molecule has 0 rings (SSSR count). The van der Waals surface area contributed by atoms with Gasteiger partial charge in [0.25, 0.3) is 5.91 Å². The summed E-state index contributed by atoms with van der Waals surface area (Å²) in [6, 6.07) is 0. The van der Waals surface area contributed by atoms with Gasteiger partial charge in [-0.3, -0.25) is 9.63 Å². The first-order valence-corrected chi connectivity index (χ1v) is 5.20. The molecule has 0 unspecified atom stereocenters. The summed E-state index contributed by atoms with van der Waals surface area (Å²) in [5.41, 5.74) is 0. The summed E-state index contributed by atoms with van der Waals surface area (Å²) in [5.74, 6) is -0.108.